The van der Waals surface area contributed by atoms with Gasteiger partial charge in [-0.1, -0.05) is 18.2 Å². The number of nitriles is 1. The van der Waals surface area contributed by atoms with E-state index < -0.39 is 35.2 Å². The van der Waals surface area contributed by atoms with Crippen LogP contribution in [-0.4, -0.2) is 37.5 Å². The van der Waals surface area contributed by atoms with Crippen molar-refractivity contribution in [3.8, 4) is 23.3 Å². The number of rotatable bonds is 6. The molecule has 3 aromatic rings. The molecule has 0 aliphatic carbocycles. The van der Waals surface area contributed by atoms with Crippen molar-refractivity contribution in [1.29, 1.82) is 5.26 Å². The Morgan fingerprint density at radius 1 is 1.15 bits per heavy atom. The fraction of sp³-hybridized carbons (Fsp3) is 0.250. The zero-order chi connectivity index (χ0) is 28.3. The summed E-state index contributed by atoms with van der Waals surface area (Å²) in [6.45, 7) is 1.34. The number of benzene rings is 3. The third-order valence-corrected chi connectivity index (χ3v) is 6.31. The number of hydrogen-bond acceptors (Lipinski definition) is 6. The summed E-state index contributed by atoms with van der Waals surface area (Å²) in [7, 11) is 2.95. The minimum absolute atomic E-state index is 0.0675. The number of alkyl halides is 3. The molecular weight excluding hydrogens is 515 g/mol. The zero-order valence-electron chi connectivity index (χ0n) is 21.3. The van der Waals surface area contributed by atoms with Crippen molar-refractivity contribution in [3.63, 3.8) is 0 Å². The van der Waals surface area contributed by atoms with Crippen LogP contribution in [0.2, 0.25) is 0 Å². The van der Waals surface area contributed by atoms with E-state index in [0.717, 1.165) is 6.07 Å². The largest absolute Gasteiger partial charge is 0.497 e. The quantitative estimate of drug-likeness (QED) is 0.473. The second-order valence-electron chi connectivity index (χ2n) is 8.74. The number of para-hydroxylation sites is 1. The summed E-state index contributed by atoms with van der Waals surface area (Å²) in [6, 6.07) is 13.2. The summed E-state index contributed by atoms with van der Waals surface area (Å²) in [4.78, 5) is 28.4. The number of hydrogen-bond donors (Lipinski definition) is 1. The van der Waals surface area contributed by atoms with E-state index in [2.05, 4.69) is 5.32 Å². The highest BCUT2D eigenvalue weighted by molar-refractivity contribution is 5.99. The molecule has 2 amide bonds. The molecule has 0 bridgehead atoms. The number of halogens is 3. The number of carbonyl (C=O) groups is 2. The van der Waals surface area contributed by atoms with Crippen molar-refractivity contribution in [2.45, 2.75) is 25.7 Å². The first kappa shape index (κ1) is 27.3. The van der Waals surface area contributed by atoms with Crippen LogP contribution < -0.4 is 19.5 Å². The molecule has 0 saturated carbocycles. The maximum absolute atomic E-state index is 13.8. The molecule has 1 unspecified atom stereocenters. The molecule has 202 valence electrons. The van der Waals surface area contributed by atoms with E-state index in [1.54, 1.807) is 43.3 Å². The molecule has 3 aromatic carbocycles. The van der Waals surface area contributed by atoms with E-state index >= 15 is 0 Å². The molecule has 1 heterocycles. The smallest absolute Gasteiger partial charge is 0.417 e. The number of carbonyl (C=O) groups excluding carboxylic acids is 2. The molecule has 11 heteroatoms. The maximum Gasteiger partial charge on any atom is 0.417 e. The van der Waals surface area contributed by atoms with Crippen molar-refractivity contribution in [1.82, 2.24) is 4.90 Å². The Morgan fingerprint density at radius 2 is 1.92 bits per heavy atom. The standard InChI is InChI=1S/C28H24F3N3O5/c1-16-5-4-6-21-25(27(36)33-19-9-7-17(13-32)22(11-19)28(29,30)31)34(24(35)15-39-26(16)21)14-18-8-10-20(37-2)12-23(18)38-3/h4-12,25H,14-15H2,1-3H3,(H,33,36). The lowest BCUT2D eigenvalue weighted by atomic mass is 9.99. The van der Waals surface area contributed by atoms with Crippen LogP contribution in [0.5, 0.6) is 17.2 Å². The predicted molar refractivity (Wildman–Crippen MR) is 134 cm³/mol. The lowest BCUT2D eigenvalue weighted by molar-refractivity contribution is -0.140. The summed E-state index contributed by atoms with van der Waals surface area (Å²) < 4.78 is 57.1. The molecule has 1 N–H and O–H groups in total. The third-order valence-electron chi connectivity index (χ3n) is 6.31. The van der Waals surface area contributed by atoms with Crippen molar-refractivity contribution in [2.24, 2.45) is 0 Å². The van der Waals surface area contributed by atoms with Gasteiger partial charge in [-0.05, 0) is 42.8 Å². The van der Waals surface area contributed by atoms with Crippen molar-refractivity contribution in [2.75, 3.05) is 26.1 Å². The Morgan fingerprint density at radius 3 is 2.59 bits per heavy atom. The number of amides is 2. The fourth-order valence-electron chi connectivity index (χ4n) is 4.41. The molecule has 0 saturated heterocycles. The van der Waals surface area contributed by atoms with Gasteiger partial charge in [0.1, 0.15) is 23.3 Å². The second kappa shape index (κ2) is 10.9. The molecular formula is C28H24F3N3O5. The molecule has 1 atom stereocenters. The first-order valence-corrected chi connectivity index (χ1v) is 11.7. The highest BCUT2D eigenvalue weighted by Crippen LogP contribution is 2.39. The number of nitrogens with one attached hydrogen (secondary N) is 1. The molecule has 0 aromatic heterocycles. The number of ether oxygens (including phenoxy) is 3. The number of aryl methyl sites for hydroxylation is 1. The molecule has 4 rings (SSSR count). The van der Waals surface area contributed by atoms with Gasteiger partial charge in [-0.2, -0.15) is 18.4 Å². The van der Waals surface area contributed by atoms with Gasteiger partial charge in [0, 0.05) is 22.9 Å². The first-order chi connectivity index (χ1) is 18.6. The van der Waals surface area contributed by atoms with Gasteiger partial charge in [-0.15, -0.1) is 0 Å². The number of fused-ring (bicyclic) bond motifs is 1. The predicted octanol–water partition coefficient (Wildman–Crippen LogP) is 5.00. The molecule has 0 fully saturated rings. The molecule has 0 spiro atoms. The van der Waals surface area contributed by atoms with Crippen molar-refractivity contribution >= 4 is 17.5 Å². The topological polar surface area (TPSA) is 101 Å². The molecule has 1 aliphatic rings. The van der Waals surface area contributed by atoms with Gasteiger partial charge in [0.05, 0.1) is 38.0 Å². The molecule has 1 aliphatic heterocycles. The number of methoxy groups -OCH3 is 2. The van der Waals surface area contributed by atoms with Gasteiger partial charge < -0.3 is 24.4 Å². The van der Waals surface area contributed by atoms with Crippen LogP contribution in [0.25, 0.3) is 0 Å². The Bertz CT molecular complexity index is 1470. The maximum atomic E-state index is 13.8. The Hall–Kier alpha value is -4.72. The number of anilines is 1. The zero-order valence-corrected chi connectivity index (χ0v) is 21.3. The Kier molecular flexibility index (Phi) is 7.67. The van der Waals surface area contributed by atoms with Crippen LogP contribution in [0, 0.1) is 18.3 Å². The summed E-state index contributed by atoms with van der Waals surface area (Å²) in [5, 5.41) is 11.6. The van der Waals surface area contributed by atoms with Crippen molar-refractivity contribution < 1.29 is 37.0 Å². The Balaban J connectivity index is 1.78. The normalized spacial score (nSPS) is 14.9. The van der Waals surface area contributed by atoms with E-state index in [9.17, 15) is 22.8 Å². The van der Waals surface area contributed by atoms with Gasteiger partial charge >= 0.3 is 6.18 Å². The van der Waals surface area contributed by atoms with Gasteiger partial charge in [0.15, 0.2) is 6.61 Å². The lowest BCUT2D eigenvalue weighted by Gasteiger charge is -2.30. The fourth-order valence-corrected chi connectivity index (χ4v) is 4.41. The number of nitrogens with zero attached hydrogens (tertiary/aromatic N) is 2. The Labute approximate surface area is 222 Å². The van der Waals surface area contributed by atoms with Crippen molar-refractivity contribution in [3.05, 3.63) is 82.4 Å². The van der Waals surface area contributed by atoms with Crippen LogP contribution in [0.1, 0.15) is 33.9 Å². The highest BCUT2D eigenvalue weighted by atomic mass is 19.4. The summed E-state index contributed by atoms with van der Waals surface area (Å²) >= 11 is 0. The van der Waals surface area contributed by atoms with Crippen LogP contribution in [0.3, 0.4) is 0 Å². The second-order valence-corrected chi connectivity index (χ2v) is 8.74. The summed E-state index contributed by atoms with van der Waals surface area (Å²) in [5.41, 5.74) is -0.319. The average molecular weight is 540 g/mol. The highest BCUT2D eigenvalue weighted by Gasteiger charge is 2.38. The van der Waals surface area contributed by atoms with E-state index in [1.165, 1.54) is 31.3 Å². The van der Waals surface area contributed by atoms with Gasteiger partial charge in [-0.3, -0.25) is 9.59 Å². The lowest BCUT2D eigenvalue weighted by Crippen LogP contribution is -2.41. The van der Waals surface area contributed by atoms with Crippen LogP contribution in [0.4, 0.5) is 18.9 Å². The van der Waals surface area contributed by atoms with Gasteiger partial charge in [0.2, 0.25) is 0 Å². The minimum atomic E-state index is -4.81. The third kappa shape index (κ3) is 5.60. The van der Waals surface area contributed by atoms with Gasteiger partial charge in [0.25, 0.3) is 11.8 Å². The molecule has 39 heavy (non-hydrogen) atoms. The molecule has 0 radical (unpaired) electrons. The van der Waals surface area contributed by atoms with Crippen LogP contribution in [0.15, 0.2) is 54.6 Å². The van der Waals surface area contributed by atoms with Crippen LogP contribution >= 0.6 is 0 Å². The SMILES string of the molecule is COc1ccc(CN2C(=O)COc3c(C)cccc3C2C(=O)Nc2ccc(C#N)c(C(F)(F)F)c2)c(OC)c1. The van der Waals surface area contributed by atoms with Crippen LogP contribution in [-0.2, 0) is 22.3 Å². The van der Waals surface area contributed by atoms with E-state index in [0.29, 0.717) is 40.0 Å². The molecule has 8 nitrogen and oxygen atoms in total. The van der Waals surface area contributed by atoms with E-state index in [-0.39, 0.29) is 18.8 Å². The van der Waals surface area contributed by atoms with E-state index in [4.69, 9.17) is 19.5 Å². The summed E-state index contributed by atoms with van der Waals surface area (Å²) in [5.74, 6) is 0.00645. The monoisotopic (exact) mass is 539 g/mol. The first-order valence-electron chi connectivity index (χ1n) is 11.7. The minimum Gasteiger partial charge on any atom is -0.497 e. The van der Waals surface area contributed by atoms with E-state index in [1.807, 2.05) is 0 Å². The average Bonchev–Trinajstić information content (AvgIpc) is 3.05. The summed E-state index contributed by atoms with van der Waals surface area (Å²) in [6.07, 6.45) is -4.81. The van der Waals surface area contributed by atoms with Gasteiger partial charge in [-0.25, -0.2) is 0 Å².